The lowest BCUT2D eigenvalue weighted by molar-refractivity contribution is -0.385. The van der Waals surface area contributed by atoms with Crippen LogP contribution in [0.2, 0.25) is 5.02 Å². The van der Waals surface area contributed by atoms with Crippen LogP contribution in [0.4, 0.5) is 0 Å². The van der Waals surface area contributed by atoms with E-state index >= 15 is 0 Å². The summed E-state index contributed by atoms with van der Waals surface area (Å²) in [7, 11) is 0. The van der Waals surface area contributed by atoms with Gasteiger partial charge in [0.05, 0.1) is 6.04 Å². The van der Waals surface area contributed by atoms with Gasteiger partial charge in [0, 0.05) is 18.1 Å². The third-order valence-electron chi connectivity index (χ3n) is 3.87. The van der Waals surface area contributed by atoms with Crippen LogP contribution >= 0.6 is 11.6 Å². The predicted octanol–water partition coefficient (Wildman–Crippen LogP) is 2.72. The quantitative estimate of drug-likeness (QED) is 0.864. The van der Waals surface area contributed by atoms with Crippen LogP contribution in [0, 0.1) is 5.92 Å². The lowest BCUT2D eigenvalue weighted by Gasteiger charge is -2.46. The van der Waals surface area contributed by atoms with Crippen LogP contribution in [0.25, 0.3) is 0 Å². The minimum Gasteiger partial charge on any atom is -0.854 e. The third kappa shape index (κ3) is 2.73. The van der Waals surface area contributed by atoms with Crippen molar-refractivity contribution in [2.75, 3.05) is 19.7 Å². The summed E-state index contributed by atoms with van der Waals surface area (Å²) < 4.78 is 0. The summed E-state index contributed by atoms with van der Waals surface area (Å²) in [4.78, 5) is 2.35. The summed E-state index contributed by atoms with van der Waals surface area (Å²) >= 11 is 6.13. The molecule has 1 unspecified atom stereocenters. The molecule has 0 amide bonds. The molecule has 1 fully saturated rings. The molecule has 0 aromatic heterocycles. The summed E-state index contributed by atoms with van der Waals surface area (Å²) in [6.45, 7) is 1.76. The van der Waals surface area contributed by atoms with E-state index in [9.17, 15) is 5.11 Å². The van der Waals surface area contributed by atoms with Gasteiger partial charge in [-0.05, 0) is 29.2 Å². The minimum atomic E-state index is 0.0214. The number of nitrogens with zero attached hydrogens (tertiary/aromatic N) is 1. The van der Waals surface area contributed by atoms with Crippen molar-refractivity contribution in [2.45, 2.75) is 6.04 Å². The molecule has 0 N–H and O–H groups in total. The van der Waals surface area contributed by atoms with Gasteiger partial charge in [-0.3, -0.25) is 4.90 Å². The van der Waals surface area contributed by atoms with Crippen molar-refractivity contribution < 1.29 is 5.11 Å². The van der Waals surface area contributed by atoms with E-state index in [2.05, 4.69) is 35.2 Å². The van der Waals surface area contributed by atoms with Gasteiger partial charge in [0.2, 0.25) is 0 Å². The first kappa shape index (κ1) is 13.6. The van der Waals surface area contributed by atoms with Crippen molar-refractivity contribution in [3.63, 3.8) is 0 Å². The Morgan fingerprint density at radius 2 is 1.75 bits per heavy atom. The average molecular weight is 287 g/mol. The Morgan fingerprint density at radius 3 is 2.40 bits per heavy atom. The lowest BCUT2D eigenvalue weighted by Crippen LogP contribution is -2.52. The molecule has 104 valence electrons. The molecule has 2 nitrogen and oxygen atoms in total. The molecule has 0 radical (unpaired) electrons. The van der Waals surface area contributed by atoms with E-state index in [0.717, 1.165) is 18.1 Å². The summed E-state index contributed by atoms with van der Waals surface area (Å²) in [5.74, 6) is 0.292. The van der Waals surface area contributed by atoms with Gasteiger partial charge in [0.1, 0.15) is 0 Å². The Bertz CT molecular complexity index is 566. The van der Waals surface area contributed by atoms with Gasteiger partial charge in [-0.1, -0.05) is 54.1 Å². The molecular formula is C17H17ClNO-. The molecule has 1 aliphatic rings. The second kappa shape index (κ2) is 5.96. The van der Waals surface area contributed by atoms with Gasteiger partial charge in [-0.15, -0.1) is 6.61 Å². The summed E-state index contributed by atoms with van der Waals surface area (Å²) in [6.07, 6.45) is 0. The Balaban J connectivity index is 1.92. The molecule has 20 heavy (non-hydrogen) atoms. The number of hydrogen-bond acceptors (Lipinski definition) is 2. The molecule has 1 heterocycles. The van der Waals surface area contributed by atoms with Gasteiger partial charge < -0.3 is 5.11 Å². The molecule has 1 saturated heterocycles. The smallest absolute Gasteiger partial charge is 0.0602 e. The summed E-state index contributed by atoms with van der Waals surface area (Å²) in [6, 6.07) is 18.6. The second-order valence-corrected chi connectivity index (χ2v) is 5.79. The Hall–Kier alpha value is -1.35. The van der Waals surface area contributed by atoms with Crippen molar-refractivity contribution in [2.24, 2.45) is 5.92 Å². The zero-order chi connectivity index (χ0) is 13.9. The first-order valence-electron chi connectivity index (χ1n) is 6.90. The fourth-order valence-electron chi connectivity index (χ4n) is 2.85. The van der Waals surface area contributed by atoms with Crippen molar-refractivity contribution in [3.8, 4) is 0 Å². The molecule has 1 aliphatic heterocycles. The van der Waals surface area contributed by atoms with Crippen molar-refractivity contribution in [1.29, 1.82) is 0 Å². The molecule has 3 heteroatoms. The minimum absolute atomic E-state index is 0.0214. The van der Waals surface area contributed by atoms with Crippen LogP contribution in [0.1, 0.15) is 17.2 Å². The van der Waals surface area contributed by atoms with Crippen LogP contribution in [0.5, 0.6) is 0 Å². The van der Waals surface area contributed by atoms with E-state index in [4.69, 9.17) is 11.6 Å². The number of benzene rings is 2. The largest absolute Gasteiger partial charge is 0.854 e. The molecule has 0 aliphatic carbocycles. The molecule has 0 spiro atoms. The number of hydrogen-bond donors (Lipinski definition) is 0. The van der Waals surface area contributed by atoms with E-state index in [-0.39, 0.29) is 12.6 Å². The van der Waals surface area contributed by atoms with Crippen molar-refractivity contribution in [1.82, 2.24) is 4.90 Å². The Morgan fingerprint density at radius 1 is 1.05 bits per heavy atom. The molecule has 2 aromatic rings. The van der Waals surface area contributed by atoms with Crippen LogP contribution in [0.15, 0.2) is 54.6 Å². The van der Waals surface area contributed by atoms with Crippen molar-refractivity contribution in [3.05, 3.63) is 70.7 Å². The maximum absolute atomic E-state index is 11.0. The Kier molecular flexibility index (Phi) is 4.06. The maximum atomic E-state index is 11.0. The Labute approximate surface area is 124 Å². The van der Waals surface area contributed by atoms with E-state index in [1.165, 1.54) is 11.1 Å². The van der Waals surface area contributed by atoms with Gasteiger partial charge in [0.25, 0.3) is 0 Å². The first-order valence-corrected chi connectivity index (χ1v) is 7.28. The molecule has 2 aromatic carbocycles. The molecule has 1 atom stereocenters. The zero-order valence-corrected chi connectivity index (χ0v) is 12.0. The SMILES string of the molecule is [O-]CC1CN(C(c2ccccc2)c2cccc(Cl)c2)C1. The number of likely N-dealkylation sites (tertiary alicyclic amines) is 1. The lowest BCUT2D eigenvalue weighted by atomic mass is 9.91. The van der Waals surface area contributed by atoms with Gasteiger partial charge in [-0.25, -0.2) is 0 Å². The average Bonchev–Trinajstić information content (AvgIpc) is 2.43. The predicted molar refractivity (Wildman–Crippen MR) is 79.7 cm³/mol. The highest BCUT2D eigenvalue weighted by Gasteiger charge is 2.31. The van der Waals surface area contributed by atoms with E-state index in [1.54, 1.807) is 0 Å². The highest BCUT2D eigenvalue weighted by Crippen LogP contribution is 2.34. The number of rotatable bonds is 4. The molecule has 0 saturated carbocycles. The third-order valence-corrected chi connectivity index (χ3v) is 4.10. The van der Waals surface area contributed by atoms with E-state index in [1.807, 2.05) is 24.3 Å². The molecule has 3 rings (SSSR count). The number of halogens is 1. The van der Waals surface area contributed by atoms with Gasteiger partial charge >= 0.3 is 0 Å². The standard InChI is InChI=1S/C17H17ClNO/c18-16-8-4-7-15(9-16)17(14-5-2-1-3-6-14)19-10-13(11-19)12-20/h1-9,13,17H,10-12H2/q-1. The normalized spacial score (nSPS) is 17.7. The van der Waals surface area contributed by atoms with Crippen LogP contribution in [0.3, 0.4) is 0 Å². The van der Waals surface area contributed by atoms with Gasteiger partial charge in [-0.2, -0.15) is 0 Å². The van der Waals surface area contributed by atoms with Crippen LogP contribution in [-0.2, 0) is 0 Å². The molecular weight excluding hydrogens is 270 g/mol. The first-order chi connectivity index (χ1) is 9.78. The fourth-order valence-corrected chi connectivity index (χ4v) is 3.05. The summed E-state index contributed by atoms with van der Waals surface area (Å²) in [5.41, 5.74) is 2.44. The van der Waals surface area contributed by atoms with Crippen LogP contribution in [-0.4, -0.2) is 24.6 Å². The van der Waals surface area contributed by atoms with E-state index < -0.39 is 0 Å². The zero-order valence-electron chi connectivity index (χ0n) is 11.2. The van der Waals surface area contributed by atoms with Crippen LogP contribution < -0.4 is 5.11 Å². The highest BCUT2D eigenvalue weighted by atomic mass is 35.5. The van der Waals surface area contributed by atoms with E-state index in [0.29, 0.717) is 5.92 Å². The molecule has 0 bridgehead atoms. The maximum Gasteiger partial charge on any atom is 0.0602 e. The summed E-state index contributed by atoms with van der Waals surface area (Å²) in [5, 5.41) is 11.7. The van der Waals surface area contributed by atoms with Gasteiger partial charge in [0.15, 0.2) is 0 Å². The topological polar surface area (TPSA) is 26.3 Å². The highest BCUT2D eigenvalue weighted by molar-refractivity contribution is 6.30. The van der Waals surface area contributed by atoms with Crippen molar-refractivity contribution >= 4 is 11.6 Å². The monoisotopic (exact) mass is 286 g/mol. The second-order valence-electron chi connectivity index (χ2n) is 5.35. The fraction of sp³-hybridized carbons (Fsp3) is 0.294.